The SMILES string of the molecule is COC(=O)c1ccc(-n2cccc2[C@H]2[C@@H](c3ccccn3)NC(=S)N2c2ccc(OC(C)C)cc2)cc1. The second-order valence-electron chi connectivity index (χ2n) is 9.00. The van der Waals surface area contributed by atoms with Gasteiger partial charge in [0.1, 0.15) is 11.8 Å². The van der Waals surface area contributed by atoms with Crippen molar-refractivity contribution in [3.63, 3.8) is 0 Å². The molecule has 7 nitrogen and oxygen atoms in total. The molecule has 1 aliphatic rings. The highest BCUT2D eigenvalue weighted by atomic mass is 32.1. The zero-order chi connectivity index (χ0) is 25.9. The standard InChI is InChI=1S/C29H28N4O3S/c1-19(2)36-23-15-13-22(14-16-23)33-27(26(31-29(33)37)24-7-4-5-17-30-24)25-8-6-18-32(25)21-11-9-20(10-12-21)28(34)35-3/h4-19,26-27H,1-3H3,(H,31,37)/t26-,27+/m1/s1. The third kappa shape index (κ3) is 4.93. The molecular weight excluding hydrogens is 484 g/mol. The molecule has 0 amide bonds. The molecule has 0 unspecified atom stereocenters. The molecule has 2 aromatic carbocycles. The van der Waals surface area contributed by atoms with E-state index in [1.165, 1.54) is 7.11 Å². The Labute approximate surface area is 221 Å². The molecule has 1 fully saturated rings. The molecule has 3 heterocycles. The highest BCUT2D eigenvalue weighted by Crippen LogP contribution is 2.42. The maximum Gasteiger partial charge on any atom is 0.337 e. The van der Waals surface area contributed by atoms with Crippen molar-refractivity contribution in [3.8, 4) is 11.4 Å². The first-order valence-electron chi connectivity index (χ1n) is 12.1. The first kappa shape index (κ1) is 24.5. The molecule has 2 atom stereocenters. The fraction of sp³-hybridized carbons (Fsp3) is 0.207. The highest BCUT2D eigenvalue weighted by Gasteiger charge is 2.42. The van der Waals surface area contributed by atoms with E-state index < -0.39 is 0 Å². The largest absolute Gasteiger partial charge is 0.491 e. The fourth-order valence-corrected chi connectivity index (χ4v) is 4.98. The van der Waals surface area contributed by atoms with Crippen molar-refractivity contribution in [2.45, 2.75) is 32.0 Å². The van der Waals surface area contributed by atoms with Gasteiger partial charge in [0.15, 0.2) is 5.11 Å². The van der Waals surface area contributed by atoms with E-state index in [-0.39, 0.29) is 24.2 Å². The molecule has 2 aromatic heterocycles. The van der Waals surface area contributed by atoms with Crippen LogP contribution in [0.15, 0.2) is 91.3 Å². The van der Waals surface area contributed by atoms with E-state index in [0.29, 0.717) is 10.7 Å². The number of benzene rings is 2. The van der Waals surface area contributed by atoms with Gasteiger partial charge in [0.2, 0.25) is 0 Å². The lowest BCUT2D eigenvalue weighted by atomic mass is 10.0. The lowest BCUT2D eigenvalue weighted by Crippen LogP contribution is -2.30. The van der Waals surface area contributed by atoms with Crippen molar-refractivity contribution in [2.75, 3.05) is 12.0 Å². The van der Waals surface area contributed by atoms with Gasteiger partial charge in [-0.15, -0.1) is 0 Å². The lowest BCUT2D eigenvalue weighted by molar-refractivity contribution is 0.0600. The minimum Gasteiger partial charge on any atom is -0.491 e. The first-order chi connectivity index (χ1) is 18.0. The minimum absolute atomic E-state index is 0.0931. The second kappa shape index (κ2) is 10.4. The summed E-state index contributed by atoms with van der Waals surface area (Å²) in [7, 11) is 1.38. The zero-order valence-electron chi connectivity index (χ0n) is 20.9. The third-order valence-corrected chi connectivity index (χ3v) is 6.55. The number of pyridine rings is 1. The average Bonchev–Trinajstić information content (AvgIpc) is 3.53. The lowest BCUT2D eigenvalue weighted by Gasteiger charge is -2.29. The van der Waals surface area contributed by atoms with Gasteiger partial charge in [0, 0.05) is 29.5 Å². The number of anilines is 1. The molecular formula is C29H28N4O3S. The molecule has 0 radical (unpaired) electrons. The molecule has 0 saturated carbocycles. The Kier molecular flexibility index (Phi) is 6.92. The van der Waals surface area contributed by atoms with Crippen LogP contribution in [0.4, 0.5) is 5.69 Å². The van der Waals surface area contributed by atoms with Crippen molar-refractivity contribution >= 4 is 29.0 Å². The predicted octanol–water partition coefficient (Wildman–Crippen LogP) is 5.62. The van der Waals surface area contributed by atoms with E-state index in [0.717, 1.165) is 28.5 Å². The molecule has 1 saturated heterocycles. The Hall–Kier alpha value is -4.17. The summed E-state index contributed by atoms with van der Waals surface area (Å²) in [6.07, 6.45) is 3.90. The van der Waals surface area contributed by atoms with Crippen molar-refractivity contribution in [1.29, 1.82) is 0 Å². The van der Waals surface area contributed by atoms with Crippen LogP contribution in [-0.2, 0) is 4.74 Å². The van der Waals surface area contributed by atoms with Crippen LogP contribution in [0.5, 0.6) is 5.75 Å². The average molecular weight is 513 g/mol. The Morgan fingerprint density at radius 2 is 1.70 bits per heavy atom. The molecule has 37 heavy (non-hydrogen) atoms. The minimum atomic E-state index is -0.365. The van der Waals surface area contributed by atoms with E-state index in [1.807, 2.05) is 80.7 Å². The molecule has 0 spiro atoms. The number of esters is 1. The van der Waals surface area contributed by atoms with Crippen LogP contribution in [-0.4, -0.2) is 33.8 Å². The summed E-state index contributed by atoms with van der Waals surface area (Å²) in [5.74, 6) is 0.444. The van der Waals surface area contributed by atoms with E-state index in [4.69, 9.17) is 21.7 Å². The molecule has 8 heteroatoms. The van der Waals surface area contributed by atoms with Gasteiger partial charge in [-0.25, -0.2) is 4.79 Å². The van der Waals surface area contributed by atoms with Gasteiger partial charge in [0.25, 0.3) is 0 Å². The Balaban J connectivity index is 1.57. The van der Waals surface area contributed by atoms with Crippen LogP contribution < -0.4 is 15.0 Å². The number of methoxy groups -OCH3 is 1. The van der Waals surface area contributed by atoms with Crippen molar-refractivity contribution in [3.05, 3.63) is 108 Å². The molecule has 1 aliphatic heterocycles. The van der Waals surface area contributed by atoms with Crippen molar-refractivity contribution < 1.29 is 14.3 Å². The van der Waals surface area contributed by atoms with Gasteiger partial charge in [-0.3, -0.25) is 4.98 Å². The second-order valence-corrected chi connectivity index (χ2v) is 9.39. The summed E-state index contributed by atoms with van der Waals surface area (Å²) >= 11 is 5.87. The molecule has 0 bridgehead atoms. The molecule has 4 aromatic rings. The fourth-order valence-electron chi connectivity index (χ4n) is 4.64. The molecule has 0 aliphatic carbocycles. The maximum atomic E-state index is 11.9. The Bertz CT molecular complexity index is 1380. The summed E-state index contributed by atoms with van der Waals surface area (Å²) in [6, 6.07) is 25.0. The summed E-state index contributed by atoms with van der Waals surface area (Å²) in [4.78, 5) is 18.7. The number of ether oxygens (including phenoxy) is 2. The maximum absolute atomic E-state index is 11.9. The van der Waals surface area contributed by atoms with Crippen LogP contribution in [0.1, 0.15) is 47.7 Å². The Morgan fingerprint density at radius 1 is 0.973 bits per heavy atom. The highest BCUT2D eigenvalue weighted by molar-refractivity contribution is 7.80. The van der Waals surface area contributed by atoms with Gasteiger partial charge in [-0.1, -0.05) is 6.07 Å². The van der Waals surface area contributed by atoms with Crippen LogP contribution >= 0.6 is 12.2 Å². The third-order valence-electron chi connectivity index (χ3n) is 6.23. The summed E-state index contributed by atoms with van der Waals surface area (Å²) < 4.78 is 12.8. The van der Waals surface area contributed by atoms with Crippen LogP contribution in [0.3, 0.4) is 0 Å². The van der Waals surface area contributed by atoms with Gasteiger partial charge in [-0.2, -0.15) is 0 Å². The van der Waals surface area contributed by atoms with Crippen molar-refractivity contribution in [2.24, 2.45) is 0 Å². The zero-order valence-corrected chi connectivity index (χ0v) is 21.7. The number of nitrogens with zero attached hydrogens (tertiary/aromatic N) is 3. The number of hydrogen-bond acceptors (Lipinski definition) is 5. The monoisotopic (exact) mass is 512 g/mol. The normalized spacial score (nSPS) is 17.1. The Morgan fingerprint density at radius 3 is 2.35 bits per heavy atom. The van der Waals surface area contributed by atoms with E-state index in [1.54, 1.807) is 18.3 Å². The van der Waals surface area contributed by atoms with Gasteiger partial charge < -0.3 is 24.3 Å². The number of carbonyl (C=O) groups is 1. The topological polar surface area (TPSA) is 68.6 Å². The molecule has 1 N–H and O–H groups in total. The van der Waals surface area contributed by atoms with Gasteiger partial charge in [-0.05, 0) is 98.9 Å². The van der Waals surface area contributed by atoms with Crippen LogP contribution in [0.25, 0.3) is 5.69 Å². The van der Waals surface area contributed by atoms with Crippen molar-refractivity contribution in [1.82, 2.24) is 14.9 Å². The summed E-state index contributed by atoms with van der Waals surface area (Å²) in [5, 5.41) is 4.12. The van der Waals surface area contributed by atoms with Crippen LogP contribution in [0, 0.1) is 0 Å². The first-order valence-corrected chi connectivity index (χ1v) is 12.5. The summed E-state index contributed by atoms with van der Waals surface area (Å²) in [5.41, 5.74) is 4.29. The quantitative estimate of drug-likeness (QED) is 0.254. The molecule has 188 valence electrons. The van der Waals surface area contributed by atoms with Gasteiger partial charge in [0.05, 0.1) is 30.5 Å². The number of nitrogens with one attached hydrogen (secondary N) is 1. The van der Waals surface area contributed by atoms with E-state index >= 15 is 0 Å². The van der Waals surface area contributed by atoms with E-state index in [9.17, 15) is 4.79 Å². The summed E-state index contributed by atoms with van der Waals surface area (Å²) in [6.45, 7) is 4.01. The predicted molar refractivity (Wildman–Crippen MR) is 147 cm³/mol. The van der Waals surface area contributed by atoms with E-state index in [2.05, 4.69) is 25.8 Å². The molecule has 5 rings (SSSR count). The number of rotatable bonds is 7. The van der Waals surface area contributed by atoms with Crippen LogP contribution in [0.2, 0.25) is 0 Å². The number of carbonyl (C=O) groups excluding carboxylic acids is 1. The number of thiocarbonyl (C=S) groups is 1. The van der Waals surface area contributed by atoms with Gasteiger partial charge >= 0.3 is 5.97 Å². The number of hydrogen-bond donors (Lipinski definition) is 1. The number of aromatic nitrogens is 2. The smallest absolute Gasteiger partial charge is 0.337 e.